The van der Waals surface area contributed by atoms with Crippen LogP contribution in [0.3, 0.4) is 0 Å². The summed E-state index contributed by atoms with van der Waals surface area (Å²) in [6, 6.07) is 11.3. The molecule has 3 nitrogen and oxygen atoms in total. The van der Waals surface area contributed by atoms with E-state index in [4.69, 9.17) is 9.47 Å². The third-order valence-corrected chi connectivity index (χ3v) is 8.23. The number of hydrogen-bond acceptors (Lipinski definition) is 3. The van der Waals surface area contributed by atoms with E-state index in [1.165, 1.54) is 33.1 Å². The maximum Gasteiger partial charge on any atom is 0.188 e. The predicted molar refractivity (Wildman–Crippen MR) is 132 cm³/mol. The van der Waals surface area contributed by atoms with Crippen LogP contribution in [0, 0.1) is 20.8 Å². The van der Waals surface area contributed by atoms with E-state index < -0.39 is 0 Å². The summed E-state index contributed by atoms with van der Waals surface area (Å²) in [5.74, 6) is 0.984. The Kier molecular flexibility index (Phi) is 9.34. The van der Waals surface area contributed by atoms with E-state index in [9.17, 15) is 0 Å². The fourth-order valence-electron chi connectivity index (χ4n) is 4.02. The van der Waals surface area contributed by atoms with Crippen LogP contribution in [0.1, 0.15) is 61.9 Å². The topological polar surface area (TPSA) is 21.7 Å². The summed E-state index contributed by atoms with van der Waals surface area (Å²) in [6.45, 7) is 19.2. The average molecular weight is 430 g/mol. The van der Waals surface area contributed by atoms with Crippen LogP contribution in [0.2, 0.25) is 0 Å². The minimum absolute atomic E-state index is 0.00395. The molecule has 0 amide bonds. The number of rotatable bonds is 11. The lowest BCUT2D eigenvalue weighted by atomic mass is 9.92. The Bertz CT molecular complexity index is 832. The Morgan fingerprint density at radius 2 is 1.70 bits per heavy atom. The largest absolute Gasteiger partial charge is 0.467 e. The van der Waals surface area contributed by atoms with Crippen molar-refractivity contribution in [3.63, 3.8) is 0 Å². The van der Waals surface area contributed by atoms with Crippen molar-refractivity contribution in [2.24, 2.45) is 0 Å². The highest BCUT2D eigenvalue weighted by Gasteiger charge is 2.31. The molecule has 0 aliphatic rings. The van der Waals surface area contributed by atoms with Crippen molar-refractivity contribution in [3.05, 3.63) is 58.1 Å². The number of ether oxygens (including phenoxy) is 2. The Labute approximate surface area is 185 Å². The Hall–Kier alpha value is -1.41. The first-order valence-corrected chi connectivity index (χ1v) is 12.1. The van der Waals surface area contributed by atoms with Crippen LogP contribution in [0.25, 0.3) is 0 Å². The van der Waals surface area contributed by atoms with Crippen molar-refractivity contribution >= 4 is 13.9 Å². The third-order valence-electron chi connectivity index (χ3n) is 6.09. The molecular weight excluding hydrogens is 389 g/mol. The summed E-state index contributed by atoms with van der Waals surface area (Å²) in [7, 11) is 2.35. The molecule has 0 saturated carbocycles. The van der Waals surface area contributed by atoms with E-state index in [0.29, 0.717) is 8.58 Å². The fourth-order valence-corrected chi connectivity index (χ4v) is 5.68. The molecule has 4 heteroatoms. The third kappa shape index (κ3) is 5.84. The highest BCUT2D eigenvalue weighted by Crippen LogP contribution is 2.49. The second kappa shape index (κ2) is 11.3. The second-order valence-electron chi connectivity index (χ2n) is 8.39. The van der Waals surface area contributed by atoms with Crippen LogP contribution in [0.15, 0.2) is 30.3 Å². The quantitative estimate of drug-likeness (QED) is 0.320. The van der Waals surface area contributed by atoms with E-state index in [1.807, 2.05) is 0 Å². The molecule has 2 aromatic carbocycles. The van der Waals surface area contributed by atoms with Crippen molar-refractivity contribution in [3.8, 4) is 5.75 Å². The summed E-state index contributed by atoms with van der Waals surface area (Å²) < 4.78 is 11.3. The molecule has 0 bridgehead atoms. The highest BCUT2D eigenvalue weighted by atomic mass is 31.1. The molecule has 0 fully saturated rings. The first kappa shape index (κ1) is 24.9. The summed E-state index contributed by atoms with van der Waals surface area (Å²) in [4.78, 5) is 2.50. The summed E-state index contributed by atoms with van der Waals surface area (Å²) >= 11 is 0. The van der Waals surface area contributed by atoms with Crippen molar-refractivity contribution < 1.29 is 9.47 Å². The normalized spacial score (nSPS) is 13.9. The monoisotopic (exact) mass is 429 g/mol. The van der Waals surface area contributed by atoms with Gasteiger partial charge in [0, 0.05) is 24.4 Å². The molecule has 0 saturated heterocycles. The smallest absolute Gasteiger partial charge is 0.188 e. The summed E-state index contributed by atoms with van der Waals surface area (Å²) in [6.07, 6.45) is 1.05. The van der Waals surface area contributed by atoms with Gasteiger partial charge < -0.3 is 9.47 Å². The van der Waals surface area contributed by atoms with Gasteiger partial charge >= 0.3 is 0 Å². The summed E-state index contributed by atoms with van der Waals surface area (Å²) in [5, 5.41) is 1.51. The fraction of sp³-hybridized carbons (Fsp3) is 0.538. The van der Waals surface area contributed by atoms with E-state index >= 15 is 0 Å². The van der Waals surface area contributed by atoms with Gasteiger partial charge in [-0.1, -0.05) is 72.2 Å². The van der Waals surface area contributed by atoms with Crippen molar-refractivity contribution in [1.82, 2.24) is 4.90 Å². The molecule has 2 aromatic rings. The lowest BCUT2D eigenvalue weighted by Gasteiger charge is -2.34. The van der Waals surface area contributed by atoms with Crippen molar-refractivity contribution in [2.75, 3.05) is 27.0 Å². The van der Waals surface area contributed by atoms with Gasteiger partial charge in [-0.3, -0.25) is 4.90 Å². The van der Waals surface area contributed by atoms with Crippen LogP contribution in [0.5, 0.6) is 5.75 Å². The molecule has 30 heavy (non-hydrogen) atoms. The maximum atomic E-state index is 6.09. The SMILES string of the molecule is CCN(CC)Cc1cccc(C)c1PC(C)(CC)c1cc(C)cc(C)c1OCOC. The van der Waals surface area contributed by atoms with Gasteiger partial charge in [0.15, 0.2) is 6.79 Å². The minimum atomic E-state index is 0.00395. The van der Waals surface area contributed by atoms with E-state index in [2.05, 4.69) is 83.7 Å². The number of aryl methyl sites for hydroxylation is 3. The molecule has 0 aliphatic heterocycles. The molecule has 166 valence electrons. The highest BCUT2D eigenvalue weighted by molar-refractivity contribution is 7.48. The van der Waals surface area contributed by atoms with Gasteiger partial charge in [0.1, 0.15) is 5.75 Å². The summed E-state index contributed by atoms with van der Waals surface area (Å²) in [5.41, 5.74) is 6.61. The molecule has 2 atom stereocenters. The van der Waals surface area contributed by atoms with Crippen LogP contribution < -0.4 is 10.0 Å². The van der Waals surface area contributed by atoms with Gasteiger partial charge in [-0.15, -0.1) is 0 Å². The standard InChI is InChI=1S/C26H40NO2P/c1-9-26(7,23-16-19(4)15-21(6)24(23)29-18-28-8)30-25-20(5)13-12-14-22(25)17-27(10-2)11-3/h12-16,30H,9-11,17-18H2,1-8H3. The van der Waals surface area contributed by atoms with Crippen LogP contribution in [0.4, 0.5) is 0 Å². The van der Waals surface area contributed by atoms with E-state index in [-0.39, 0.29) is 11.9 Å². The molecule has 2 rings (SSSR count). The second-order valence-corrected chi connectivity index (χ2v) is 10.2. The molecule has 2 unspecified atom stereocenters. The van der Waals surface area contributed by atoms with E-state index in [1.54, 1.807) is 7.11 Å². The van der Waals surface area contributed by atoms with E-state index in [0.717, 1.165) is 31.8 Å². The van der Waals surface area contributed by atoms with Crippen LogP contribution >= 0.6 is 8.58 Å². The van der Waals surface area contributed by atoms with Gasteiger partial charge in [0.25, 0.3) is 0 Å². The molecule has 0 spiro atoms. The molecule has 0 heterocycles. The first-order chi connectivity index (χ1) is 14.3. The Morgan fingerprint density at radius 1 is 1.00 bits per heavy atom. The van der Waals surface area contributed by atoms with Crippen LogP contribution in [-0.4, -0.2) is 31.9 Å². The predicted octanol–water partition coefficient (Wildman–Crippen LogP) is 6.07. The minimum Gasteiger partial charge on any atom is -0.467 e. The zero-order valence-electron chi connectivity index (χ0n) is 20.2. The molecule has 0 N–H and O–H groups in total. The maximum absolute atomic E-state index is 6.09. The van der Waals surface area contributed by atoms with Gasteiger partial charge in [0.05, 0.1) is 0 Å². The first-order valence-electron chi connectivity index (χ1n) is 11.1. The van der Waals surface area contributed by atoms with Crippen molar-refractivity contribution in [2.45, 2.75) is 66.6 Å². The molecular formula is C26H40NO2P. The zero-order valence-corrected chi connectivity index (χ0v) is 21.2. The average Bonchev–Trinajstić information content (AvgIpc) is 2.73. The number of methoxy groups -OCH3 is 1. The van der Waals surface area contributed by atoms with Gasteiger partial charge in [-0.25, -0.2) is 0 Å². The van der Waals surface area contributed by atoms with Gasteiger partial charge in [-0.2, -0.15) is 0 Å². The lowest BCUT2D eigenvalue weighted by Crippen LogP contribution is -2.27. The Balaban J connectivity index is 2.53. The lowest BCUT2D eigenvalue weighted by molar-refractivity contribution is 0.0495. The Morgan fingerprint density at radius 3 is 2.30 bits per heavy atom. The van der Waals surface area contributed by atoms with Crippen molar-refractivity contribution in [1.29, 1.82) is 0 Å². The zero-order chi connectivity index (χ0) is 22.3. The van der Waals surface area contributed by atoms with Crippen LogP contribution in [-0.2, 0) is 16.4 Å². The van der Waals surface area contributed by atoms with Gasteiger partial charge in [-0.05, 0) is 62.3 Å². The molecule has 0 aromatic heterocycles. The molecule has 0 radical (unpaired) electrons. The number of benzene rings is 2. The number of hydrogen-bond donors (Lipinski definition) is 0. The molecule has 0 aliphatic carbocycles. The number of nitrogens with zero attached hydrogens (tertiary/aromatic N) is 1. The van der Waals surface area contributed by atoms with Gasteiger partial charge in [0.2, 0.25) is 0 Å².